The summed E-state index contributed by atoms with van der Waals surface area (Å²) >= 11 is 0. The summed E-state index contributed by atoms with van der Waals surface area (Å²) in [4.78, 5) is 21.5. The molecule has 11 heteroatoms. The molecule has 0 aliphatic carbocycles. The summed E-state index contributed by atoms with van der Waals surface area (Å²) in [7, 11) is 3.74. The number of hydrogen-bond acceptors (Lipinski definition) is 7. The van der Waals surface area contributed by atoms with Crippen molar-refractivity contribution in [2.24, 2.45) is 0 Å². The number of amides is 1. The van der Waals surface area contributed by atoms with Crippen LogP contribution < -0.4 is 10.2 Å². The van der Waals surface area contributed by atoms with Crippen LogP contribution in [0.25, 0.3) is 11.4 Å². The minimum absolute atomic E-state index is 0.0345. The standard InChI is InChI=1S/C19H18F3N5O3/c1-11-8-13(16-25-17(30-26-16)19(20,21)22)5-6-14(11)24-18(28)29-10-12-4-7-15(23-9-12)27(2)3/h4-9H,10H2,1-3H3,(H,24,28). The molecule has 1 aromatic carbocycles. The van der Waals surface area contributed by atoms with Gasteiger partial charge in [0.25, 0.3) is 0 Å². The lowest BCUT2D eigenvalue weighted by molar-refractivity contribution is -0.159. The predicted octanol–water partition coefficient (Wildman–Crippen LogP) is 4.27. The van der Waals surface area contributed by atoms with E-state index < -0.39 is 18.2 Å². The topological polar surface area (TPSA) is 93.4 Å². The van der Waals surface area contributed by atoms with Crippen molar-refractivity contribution in [2.45, 2.75) is 19.7 Å². The Morgan fingerprint density at radius 1 is 1.23 bits per heavy atom. The van der Waals surface area contributed by atoms with Gasteiger partial charge >= 0.3 is 18.2 Å². The van der Waals surface area contributed by atoms with Crippen molar-refractivity contribution in [3.63, 3.8) is 0 Å². The highest BCUT2D eigenvalue weighted by molar-refractivity contribution is 5.86. The zero-order valence-electron chi connectivity index (χ0n) is 16.3. The maximum atomic E-state index is 12.6. The maximum Gasteiger partial charge on any atom is 0.471 e. The molecular formula is C19H18F3N5O3. The normalized spacial score (nSPS) is 11.3. The number of aryl methyl sites for hydroxylation is 1. The van der Waals surface area contributed by atoms with Crippen molar-refractivity contribution >= 4 is 17.6 Å². The fourth-order valence-corrected chi connectivity index (χ4v) is 2.46. The second-order valence-corrected chi connectivity index (χ2v) is 6.57. The summed E-state index contributed by atoms with van der Waals surface area (Å²) in [6.07, 6.45) is -3.78. The van der Waals surface area contributed by atoms with Crippen LogP contribution in [0.4, 0.5) is 29.5 Å². The van der Waals surface area contributed by atoms with Crippen molar-refractivity contribution in [1.29, 1.82) is 0 Å². The van der Waals surface area contributed by atoms with Crippen molar-refractivity contribution in [3.8, 4) is 11.4 Å². The van der Waals surface area contributed by atoms with Crippen LogP contribution in [0.1, 0.15) is 17.0 Å². The first-order valence-electron chi connectivity index (χ1n) is 8.71. The Labute approximate surface area is 169 Å². The number of nitrogens with one attached hydrogen (secondary N) is 1. The summed E-state index contributed by atoms with van der Waals surface area (Å²) in [5.74, 6) is -0.842. The lowest BCUT2D eigenvalue weighted by Crippen LogP contribution is -2.15. The highest BCUT2D eigenvalue weighted by atomic mass is 19.4. The minimum Gasteiger partial charge on any atom is -0.444 e. The van der Waals surface area contributed by atoms with Crippen molar-refractivity contribution < 1.29 is 27.2 Å². The molecule has 0 saturated heterocycles. The molecule has 30 heavy (non-hydrogen) atoms. The fraction of sp³-hybridized carbons (Fsp3) is 0.263. The number of carbonyl (C=O) groups excluding carboxylic acids is 1. The van der Waals surface area contributed by atoms with Crippen LogP contribution in [0, 0.1) is 6.92 Å². The van der Waals surface area contributed by atoms with E-state index in [4.69, 9.17) is 4.74 Å². The van der Waals surface area contributed by atoms with Gasteiger partial charge in [0.1, 0.15) is 12.4 Å². The van der Waals surface area contributed by atoms with E-state index in [-0.39, 0.29) is 12.4 Å². The van der Waals surface area contributed by atoms with E-state index in [1.54, 1.807) is 19.2 Å². The zero-order chi connectivity index (χ0) is 21.9. The van der Waals surface area contributed by atoms with Gasteiger partial charge in [-0.1, -0.05) is 11.2 Å². The van der Waals surface area contributed by atoms with Gasteiger partial charge in [0.2, 0.25) is 5.82 Å². The number of alkyl halides is 3. The molecule has 0 bridgehead atoms. The molecule has 3 aromatic rings. The van der Waals surface area contributed by atoms with E-state index in [9.17, 15) is 18.0 Å². The molecule has 1 N–H and O–H groups in total. The largest absolute Gasteiger partial charge is 0.471 e. The van der Waals surface area contributed by atoms with E-state index in [2.05, 4.69) is 25.0 Å². The van der Waals surface area contributed by atoms with Gasteiger partial charge in [-0.25, -0.2) is 9.78 Å². The Bertz CT molecular complexity index is 1030. The number of benzene rings is 1. The average molecular weight is 421 g/mol. The van der Waals surface area contributed by atoms with E-state index >= 15 is 0 Å². The van der Waals surface area contributed by atoms with Gasteiger partial charge in [0.15, 0.2) is 0 Å². The number of carbonyl (C=O) groups is 1. The molecule has 2 heterocycles. The average Bonchev–Trinajstić information content (AvgIpc) is 3.19. The quantitative estimate of drug-likeness (QED) is 0.657. The number of anilines is 2. The van der Waals surface area contributed by atoms with Crippen molar-refractivity contribution in [3.05, 3.63) is 53.5 Å². The van der Waals surface area contributed by atoms with Crippen LogP contribution in [0.3, 0.4) is 0 Å². The van der Waals surface area contributed by atoms with Crippen LogP contribution >= 0.6 is 0 Å². The molecule has 8 nitrogen and oxygen atoms in total. The Morgan fingerprint density at radius 3 is 2.57 bits per heavy atom. The van der Waals surface area contributed by atoms with E-state index in [1.807, 2.05) is 25.1 Å². The third kappa shape index (κ3) is 5.04. The monoisotopic (exact) mass is 421 g/mol. The highest BCUT2D eigenvalue weighted by Crippen LogP contribution is 2.30. The Hall–Kier alpha value is -3.63. The minimum atomic E-state index is -4.71. The molecule has 0 atom stereocenters. The van der Waals surface area contributed by atoms with Gasteiger partial charge in [-0.15, -0.1) is 0 Å². The third-order valence-electron chi connectivity index (χ3n) is 4.03. The predicted molar refractivity (Wildman–Crippen MR) is 102 cm³/mol. The molecule has 0 radical (unpaired) electrons. The molecule has 158 valence electrons. The highest BCUT2D eigenvalue weighted by Gasteiger charge is 2.38. The fourth-order valence-electron chi connectivity index (χ4n) is 2.46. The summed E-state index contributed by atoms with van der Waals surface area (Å²) in [6, 6.07) is 8.13. The Kier molecular flexibility index (Phi) is 5.90. The van der Waals surface area contributed by atoms with Crippen molar-refractivity contribution in [1.82, 2.24) is 15.1 Å². The molecule has 0 spiro atoms. The zero-order valence-corrected chi connectivity index (χ0v) is 16.3. The smallest absolute Gasteiger partial charge is 0.444 e. The third-order valence-corrected chi connectivity index (χ3v) is 4.03. The van der Waals surface area contributed by atoms with Crippen LogP contribution in [0.2, 0.25) is 0 Å². The molecule has 0 saturated carbocycles. The summed E-state index contributed by atoms with van der Waals surface area (Å²) in [5.41, 5.74) is 2.06. The lowest BCUT2D eigenvalue weighted by atomic mass is 10.1. The van der Waals surface area contributed by atoms with Gasteiger partial charge in [-0.2, -0.15) is 18.2 Å². The number of hydrogen-bond donors (Lipinski definition) is 1. The molecule has 3 rings (SSSR count). The second-order valence-electron chi connectivity index (χ2n) is 6.57. The summed E-state index contributed by atoms with van der Waals surface area (Å²) in [6.45, 7) is 1.71. The van der Waals surface area contributed by atoms with Gasteiger partial charge < -0.3 is 14.2 Å². The molecule has 0 aliphatic rings. The number of nitrogens with zero attached hydrogens (tertiary/aromatic N) is 4. The number of aromatic nitrogens is 3. The molecule has 0 fully saturated rings. The lowest BCUT2D eigenvalue weighted by Gasteiger charge is -2.12. The number of halogens is 3. The summed E-state index contributed by atoms with van der Waals surface area (Å²) < 4.78 is 47.2. The molecular weight excluding hydrogens is 403 g/mol. The molecule has 1 amide bonds. The number of rotatable bonds is 5. The van der Waals surface area contributed by atoms with Gasteiger partial charge in [0, 0.05) is 37.1 Å². The van der Waals surface area contributed by atoms with Gasteiger partial charge in [-0.3, -0.25) is 5.32 Å². The number of pyridine rings is 1. The van der Waals surface area contributed by atoms with E-state index in [1.165, 1.54) is 18.2 Å². The first-order valence-corrected chi connectivity index (χ1v) is 8.71. The Balaban J connectivity index is 1.61. The van der Waals surface area contributed by atoms with Crippen LogP contribution in [-0.2, 0) is 17.5 Å². The summed E-state index contributed by atoms with van der Waals surface area (Å²) in [5, 5.41) is 5.92. The van der Waals surface area contributed by atoms with Crippen LogP contribution in [0.5, 0.6) is 0 Å². The molecule has 0 unspecified atom stereocenters. The first-order chi connectivity index (χ1) is 14.1. The molecule has 2 aromatic heterocycles. The second kappa shape index (κ2) is 8.39. The van der Waals surface area contributed by atoms with Gasteiger partial charge in [-0.05, 0) is 36.8 Å². The van der Waals surface area contributed by atoms with E-state index in [0.717, 1.165) is 11.4 Å². The van der Waals surface area contributed by atoms with Crippen LogP contribution in [-0.4, -0.2) is 35.3 Å². The molecule has 0 aliphatic heterocycles. The van der Waals surface area contributed by atoms with Crippen molar-refractivity contribution in [2.75, 3.05) is 24.3 Å². The first kappa shape index (κ1) is 21.1. The number of ether oxygens (including phenoxy) is 1. The maximum absolute atomic E-state index is 12.6. The van der Waals surface area contributed by atoms with Crippen LogP contribution in [0.15, 0.2) is 41.1 Å². The van der Waals surface area contributed by atoms with E-state index in [0.29, 0.717) is 16.8 Å². The van der Waals surface area contributed by atoms with Gasteiger partial charge in [0.05, 0.1) is 0 Å². The SMILES string of the molecule is Cc1cc(-c2noc(C(F)(F)F)n2)ccc1NC(=O)OCc1ccc(N(C)C)nc1. The Morgan fingerprint density at radius 2 is 2.00 bits per heavy atom.